The molecule has 118 valence electrons. The van der Waals surface area contributed by atoms with Crippen LogP contribution in [0.15, 0.2) is 29.2 Å². The van der Waals surface area contributed by atoms with Crippen LogP contribution in [0.4, 0.5) is 9.18 Å². The van der Waals surface area contributed by atoms with Gasteiger partial charge >= 0.3 is 6.09 Å². The van der Waals surface area contributed by atoms with Crippen LogP contribution in [0.5, 0.6) is 0 Å². The molecule has 0 atom stereocenters. The fourth-order valence-corrected chi connectivity index (χ4v) is 4.05. The number of rotatable bonds is 4. The van der Waals surface area contributed by atoms with Gasteiger partial charge in [-0.25, -0.2) is 22.5 Å². The Kier molecular flexibility index (Phi) is 3.61. The number of sulfonamides is 1. The van der Waals surface area contributed by atoms with E-state index < -0.39 is 27.8 Å². The van der Waals surface area contributed by atoms with Crippen molar-refractivity contribution in [3.05, 3.63) is 30.1 Å². The minimum atomic E-state index is -3.74. The van der Waals surface area contributed by atoms with Crippen molar-refractivity contribution in [2.45, 2.75) is 4.90 Å². The summed E-state index contributed by atoms with van der Waals surface area (Å²) in [5, 5.41) is 0. The zero-order valence-corrected chi connectivity index (χ0v) is 12.3. The van der Waals surface area contributed by atoms with Crippen LogP contribution < -0.4 is 0 Å². The van der Waals surface area contributed by atoms with E-state index in [0.717, 1.165) is 11.0 Å². The molecule has 0 aliphatic carbocycles. The molecule has 0 radical (unpaired) electrons. The standard InChI is InChI=1S/C13H13FN2O5S/c14-10-2-1-3-11(4-10)22(19,20)15-5-9(6-15)7-16-12(17)8-21-13(16)18/h1-4,9H,5-8H2. The fourth-order valence-electron chi connectivity index (χ4n) is 2.43. The number of nitrogens with zero attached hydrogens (tertiary/aromatic N) is 2. The second-order valence-corrected chi connectivity index (χ2v) is 7.14. The zero-order chi connectivity index (χ0) is 15.9. The maximum atomic E-state index is 13.1. The van der Waals surface area contributed by atoms with Gasteiger partial charge in [0.05, 0.1) is 4.90 Å². The number of benzene rings is 1. The van der Waals surface area contributed by atoms with Crippen LogP contribution in [0.2, 0.25) is 0 Å². The molecule has 3 rings (SSSR count). The van der Waals surface area contributed by atoms with Crippen LogP contribution >= 0.6 is 0 Å². The number of hydrogen-bond donors (Lipinski definition) is 0. The lowest BCUT2D eigenvalue weighted by atomic mass is 10.0. The molecule has 2 fully saturated rings. The lowest BCUT2D eigenvalue weighted by Gasteiger charge is -2.38. The smallest absolute Gasteiger partial charge is 0.417 e. The zero-order valence-electron chi connectivity index (χ0n) is 11.4. The molecule has 0 saturated carbocycles. The van der Waals surface area contributed by atoms with Gasteiger partial charge in [0.1, 0.15) is 5.82 Å². The molecule has 22 heavy (non-hydrogen) atoms. The lowest BCUT2D eigenvalue weighted by Crippen LogP contribution is -2.54. The molecule has 2 heterocycles. The van der Waals surface area contributed by atoms with Crippen LogP contribution in [0, 0.1) is 11.7 Å². The molecule has 2 aliphatic rings. The van der Waals surface area contributed by atoms with E-state index in [-0.39, 0.29) is 37.1 Å². The summed E-state index contributed by atoms with van der Waals surface area (Å²) < 4.78 is 43.4. The Morgan fingerprint density at radius 1 is 1.27 bits per heavy atom. The van der Waals surface area contributed by atoms with E-state index in [1.54, 1.807) is 0 Å². The van der Waals surface area contributed by atoms with Gasteiger partial charge in [-0.2, -0.15) is 4.31 Å². The molecule has 0 N–H and O–H groups in total. The highest BCUT2D eigenvalue weighted by Crippen LogP contribution is 2.26. The number of halogens is 1. The van der Waals surface area contributed by atoms with Crippen LogP contribution in [0.25, 0.3) is 0 Å². The van der Waals surface area contributed by atoms with E-state index in [0.29, 0.717) is 0 Å². The third-order valence-electron chi connectivity index (χ3n) is 3.64. The first kappa shape index (κ1) is 14.9. The molecule has 2 amide bonds. The van der Waals surface area contributed by atoms with Gasteiger partial charge in [0.2, 0.25) is 10.0 Å². The lowest BCUT2D eigenvalue weighted by molar-refractivity contribution is -0.126. The van der Waals surface area contributed by atoms with E-state index in [1.807, 2.05) is 0 Å². The minimum Gasteiger partial charge on any atom is -0.439 e. The molecular formula is C13H13FN2O5S. The van der Waals surface area contributed by atoms with E-state index in [4.69, 9.17) is 0 Å². The summed E-state index contributed by atoms with van der Waals surface area (Å²) in [6.45, 7) is 0.218. The number of ether oxygens (including phenoxy) is 1. The largest absolute Gasteiger partial charge is 0.439 e. The van der Waals surface area contributed by atoms with Crippen molar-refractivity contribution < 1.29 is 27.1 Å². The average molecular weight is 328 g/mol. The number of cyclic esters (lactones) is 1. The Morgan fingerprint density at radius 2 is 2.00 bits per heavy atom. The van der Waals surface area contributed by atoms with Crippen molar-refractivity contribution in [3.8, 4) is 0 Å². The Balaban J connectivity index is 1.63. The van der Waals surface area contributed by atoms with Crippen molar-refractivity contribution in [2.24, 2.45) is 5.92 Å². The average Bonchev–Trinajstić information content (AvgIpc) is 2.73. The monoisotopic (exact) mass is 328 g/mol. The highest BCUT2D eigenvalue weighted by atomic mass is 32.2. The summed E-state index contributed by atoms with van der Waals surface area (Å²) >= 11 is 0. The predicted octanol–water partition coefficient (Wildman–Crippen LogP) is 0.425. The summed E-state index contributed by atoms with van der Waals surface area (Å²) in [5.74, 6) is -1.18. The Hall–Kier alpha value is -2.00. The summed E-state index contributed by atoms with van der Waals surface area (Å²) in [6, 6.07) is 4.79. The molecule has 2 saturated heterocycles. The van der Waals surface area contributed by atoms with Crippen LogP contribution in [-0.2, 0) is 19.6 Å². The fraction of sp³-hybridized carbons (Fsp3) is 0.385. The quantitative estimate of drug-likeness (QED) is 0.800. The van der Waals surface area contributed by atoms with Gasteiger partial charge in [0, 0.05) is 25.6 Å². The molecule has 7 nitrogen and oxygen atoms in total. The van der Waals surface area contributed by atoms with E-state index in [1.165, 1.54) is 22.5 Å². The van der Waals surface area contributed by atoms with Crippen molar-refractivity contribution in [3.63, 3.8) is 0 Å². The first-order valence-electron chi connectivity index (χ1n) is 6.61. The van der Waals surface area contributed by atoms with Crippen molar-refractivity contribution in [1.29, 1.82) is 0 Å². The molecule has 9 heteroatoms. The summed E-state index contributed by atoms with van der Waals surface area (Å²) in [4.78, 5) is 23.6. The molecular weight excluding hydrogens is 315 g/mol. The van der Waals surface area contributed by atoms with E-state index in [9.17, 15) is 22.4 Å². The van der Waals surface area contributed by atoms with Crippen LogP contribution in [-0.4, -0.2) is 55.9 Å². The number of carbonyl (C=O) groups excluding carboxylic acids is 2. The first-order chi connectivity index (χ1) is 10.4. The van der Waals surface area contributed by atoms with Gasteiger partial charge in [-0.3, -0.25) is 4.79 Å². The summed E-state index contributed by atoms with van der Waals surface area (Å²) in [5.41, 5.74) is 0. The van der Waals surface area contributed by atoms with Gasteiger partial charge in [-0.05, 0) is 18.2 Å². The van der Waals surface area contributed by atoms with E-state index in [2.05, 4.69) is 4.74 Å². The first-order valence-corrected chi connectivity index (χ1v) is 8.05. The number of hydrogen-bond acceptors (Lipinski definition) is 5. The van der Waals surface area contributed by atoms with Crippen molar-refractivity contribution in [2.75, 3.05) is 26.2 Å². The molecule has 0 unspecified atom stereocenters. The highest BCUT2D eigenvalue weighted by Gasteiger charge is 2.41. The summed E-state index contributed by atoms with van der Waals surface area (Å²) in [6.07, 6.45) is -0.698. The molecule has 0 bridgehead atoms. The van der Waals surface area contributed by atoms with Gasteiger partial charge in [0.25, 0.3) is 5.91 Å². The third kappa shape index (κ3) is 2.57. The predicted molar refractivity (Wildman–Crippen MR) is 71.7 cm³/mol. The van der Waals surface area contributed by atoms with Crippen molar-refractivity contribution >= 4 is 22.0 Å². The second-order valence-electron chi connectivity index (χ2n) is 5.20. The van der Waals surface area contributed by atoms with E-state index >= 15 is 0 Å². The number of amides is 2. The Labute approximate surface area is 126 Å². The molecule has 1 aromatic rings. The van der Waals surface area contributed by atoms with Crippen LogP contribution in [0.3, 0.4) is 0 Å². The molecule has 0 aromatic heterocycles. The normalized spacial score (nSPS) is 20.1. The molecule has 2 aliphatic heterocycles. The third-order valence-corrected chi connectivity index (χ3v) is 5.47. The highest BCUT2D eigenvalue weighted by molar-refractivity contribution is 7.89. The summed E-state index contributed by atoms with van der Waals surface area (Å²) in [7, 11) is -3.74. The topological polar surface area (TPSA) is 84.0 Å². The van der Waals surface area contributed by atoms with Gasteiger partial charge < -0.3 is 4.74 Å². The number of carbonyl (C=O) groups is 2. The van der Waals surface area contributed by atoms with Gasteiger partial charge in [-0.1, -0.05) is 6.07 Å². The Morgan fingerprint density at radius 3 is 2.59 bits per heavy atom. The number of imide groups is 1. The maximum absolute atomic E-state index is 13.1. The second kappa shape index (κ2) is 5.33. The van der Waals surface area contributed by atoms with Gasteiger partial charge in [-0.15, -0.1) is 0 Å². The van der Waals surface area contributed by atoms with Gasteiger partial charge in [0.15, 0.2) is 6.61 Å². The Bertz CT molecular complexity index is 714. The minimum absolute atomic E-state index is 0.109. The van der Waals surface area contributed by atoms with Crippen molar-refractivity contribution in [1.82, 2.24) is 9.21 Å². The molecule has 1 aromatic carbocycles. The van der Waals surface area contributed by atoms with Crippen LogP contribution in [0.1, 0.15) is 0 Å². The SMILES string of the molecule is O=C1COC(=O)N1CC1CN(S(=O)(=O)c2cccc(F)c2)C1. The maximum Gasteiger partial charge on any atom is 0.417 e. The molecule has 0 spiro atoms.